The van der Waals surface area contributed by atoms with Crippen molar-refractivity contribution in [1.29, 1.82) is 0 Å². The Morgan fingerprint density at radius 2 is 2.50 bits per heavy atom. The Bertz CT molecular complexity index is 385. The summed E-state index contributed by atoms with van der Waals surface area (Å²) in [6, 6.07) is 0. The molecule has 2 heterocycles. The van der Waals surface area contributed by atoms with Crippen molar-refractivity contribution in [3.63, 3.8) is 0 Å². The van der Waals surface area contributed by atoms with Crippen molar-refractivity contribution in [1.82, 2.24) is 9.97 Å². The van der Waals surface area contributed by atoms with Gasteiger partial charge in [0.2, 0.25) is 0 Å². The standard InChI is InChI=1S/C11H17N3O2/c1-14(8-9-4-2-3-7-16-9)10-11(15)13-6-5-12-10/h5-6,9H,2-4,7-8H2,1H3,(H,13,15). The highest BCUT2D eigenvalue weighted by molar-refractivity contribution is 5.33. The molecule has 5 nitrogen and oxygen atoms in total. The van der Waals surface area contributed by atoms with Crippen molar-refractivity contribution < 1.29 is 4.74 Å². The van der Waals surface area contributed by atoms with Crippen LogP contribution in [0.1, 0.15) is 19.3 Å². The third-order valence-corrected chi connectivity index (χ3v) is 2.80. The fourth-order valence-electron chi connectivity index (χ4n) is 1.96. The first-order chi connectivity index (χ1) is 7.77. The van der Waals surface area contributed by atoms with Gasteiger partial charge in [-0.15, -0.1) is 0 Å². The molecule has 0 aliphatic carbocycles. The highest BCUT2D eigenvalue weighted by atomic mass is 16.5. The lowest BCUT2D eigenvalue weighted by Crippen LogP contribution is -2.36. The summed E-state index contributed by atoms with van der Waals surface area (Å²) in [7, 11) is 1.87. The van der Waals surface area contributed by atoms with E-state index in [-0.39, 0.29) is 11.7 Å². The summed E-state index contributed by atoms with van der Waals surface area (Å²) in [5.74, 6) is 0.455. The van der Waals surface area contributed by atoms with Crippen LogP contribution in [0.2, 0.25) is 0 Å². The van der Waals surface area contributed by atoms with E-state index < -0.39 is 0 Å². The Labute approximate surface area is 94.5 Å². The van der Waals surface area contributed by atoms with Gasteiger partial charge in [-0.25, -0.2) is 4.98 Å². The van der Waals surface area contributed by atoms with E-state index in [1.807, 2.05) is 11.9 Å². The number of H-pyrrole nitrogens is 1. The summed E-state index contributed by atoms with van der Waals surface area (Å²) in [5, 5.41) is 0. The first kappa shape index (κ1) is 11.1. The molecule has 1 fully saturated rings. The average Bonchev–Trinajstić information content (AvgIpc) is 2.31. The smallest absolute Gasteiger partial charge is 0.290 e. The average molecular weight is 223 g/mol. The quantitative estimate of drug-likeness (QED) is 0.822. The van der Waals surface area contributed by atoms with Crippen molar-refractivity contribution in [3.05, 3.63) is 22.7 Å². The number of nitrogens with one attached hydrogen (secondary N) is 1. The minimum absolute atomic E-state index is 0.152. The molecule has 1 atom stereocenters. The van der Waals surface area contributed by atoms with Gasteiger partial charge in [0.25, 0.3) is 5.56 Å². The van der Waals surface area contributed by atoms with E-state index in [0.717, 1.165) is 26.0 Å². The van der Waals surface area contributed by atoms with Crippen molar-refractivity contribution in [2.24, 2.45) is 0 Å². The number of nitrogens with zero attached hydrogens (tertiary/aromatic N) is 2. The largest absolute Gasteiger partial charge is 0.376 e. The lowest BCUT2D eigenvalue weighted by atomic mass is 10.1. The third-order valence-electron chi connectivity index (χ3n) is 2.80. The van der Waals surface area contributed by atoms with E-state index in [9.17, 15) is 4.79 Å². The maximum atomic E-state index is 11.5. The monoisotopic (exact) mass is 223 g/mol. The number of aromatic nitrogens is 2. The molecule has 88 valence electrons. The van der Waals surface area contributed by atoms with Gasteiger partial charge in [-0.05, 0) is 19.3 Å². The van der Waals surface area contributed by atoms with Crippen LogP contribution in [-0.2, 0) is 4.74 Å². The van der Waals surface area contributed by atoms with Crippen molar-refractivity contribution in [3.8, 4) is 0 Å². The third kappa shape index (κ3) is 2.61. The molecule has 0 saturated carbocycles. The molecule has 1 aliphatic rings. The number of hydrogen-bond acceptors (Lipinski definition) is 4. The van der Waals surface area contributed by atoms with Gasteiger partial charge in [-0.2, -0.15) is 0 Å². The predicted octanol–water partition coefficient (Wildman–Crippen LogP) is 0.775. The lowest BCUT2D eigenvalue weighted by Gasteiger charge is -2.27. The number of likely N-dealkylation sites (N-methyl/N-ethyl adjacent to an activating group) is 1. The van der Waals surface area contributed by atoms with E-state index >= 15 is 0 Å². The molecular formula is C11H17N3O2. The molecule has 1 N–H and O–H groups in total. The molecule has 0 bridgehead atoms. The maximum absolute atomic E-state index is 11.5. The summed E-state index contributed by atoms with van der Waals surface area (Å²) in [5.41, 5.74) is -0.152. The zero-order chi connectivity index (χ0) is 11.4. The second-order valence-electron chi connectivity index (χ2n) is 4.11. The van der Waals surface area contributed by atoms with Crippen LogP contribution in [0.4, 0.5) is 5.82 Å². The Morgan fingerprint density at radius 3 is 3.19 bits per heavy atom. The van der Waals surface area contributed by atoms with Crippen LogP contribution in [0.25, 0.3) is 0 Å². The number of rotatable bonds is 3. The van der Waals surface area contributed by atoms with Gasteiger partial charge in [-0.1, -0.05) is 0 Å². The first-order valence-corrected chi connectivity index (χ1v) is 5.64. The van der Waals surface area contributed by atoms with Crippen molar-refractivity contribution >= 4 is 5.82 Å². The summed E-state index contributed by atoms with van der Waals surface area (Å²) < 4.78 is 5.63. The molecule has 2 rings (SSSR count). The van der Waals surface area contributed by atoms with E-state index in [2.05, 4.69) is 9.97 Å². The van der Waals surface area contributed by atoms with E-state index in [1.54, 1.807) is 6.20 Å². The lowest BCUT2D eigenvalue weighted by molar-refractivity contribution is 0.0215. The van der Waals surface area contributed by atoms with Crippen LogP contribution in [0, 0.1) is 0 Å². The molecule has 0 aromatic carbocycles. The molecule has 1 unspecified atom stereocenters. The van der Waals surface area contributed by atoms with Gasteiger partial charge in [0.05, 0.1) is 6.10 Å². The highest BCUT2D eigenvalue weighted by Gasteiger charge is 2.17. The molecule has 1 aliphatic heterocycles. The molecule has 16 heavy (non-hydrogen) atoms. The number of anilines is 1. The predicted molar refractivity (Wildman–Crippen MR) is 61.7 cm³/mol. The summed E-state index contributed by atoms with van der Waals surface area (Å²) in [6.45, 7) is 1.55. The summed E-state index contributed by atoms with van der Waals surface area (Å²) in [6.07, 6.45) is 6.77. The summed E-state index contributed by atoms with van der Waals surface area (Å²) >= 11 is 0. The maximum Gasteiger partial charge on any atom is 0.290 e. The Hall–Kier alpha value is -1.36. The minimum atomic E-state index is -0.152. The van der Waals surface area contributed by atoms with Crippen LogP contribution in [0.5, 0.6) is 0 Å². The molecule has 0 radical (unpaired) electrons. The summed E-state index contributed by atoms with van der Waals surface area (Å²) in [4.78, 5) is 20.0. The first-order valence-electron chi connectivity index (χ1n) is 5.64. The molecular weight excluding hydrogens is 206 g/mol. The van der Waals surface area contributed by atoms with Gasteiger partial charge in [0.15, 0.2) is 5.82 Å². The van der Waals surface area contributed by atoms with Crippen molar-refractivity contribution in [2.45, 2.75) is 25.4 Å². The van der Waals surface area contributed by atoms with E-state index in [4.69, 9.17) is 4.74 Å². The van der Waals surface area contributed by atoms with E-state index in [0.29, 0.717) is 5.82 Å². The fourth-order valence-corrected chi connectivity index (χ4v) is 1.96. The SMILES string of the molecule is CN(CC1CCCCO1)c1ncc[nH]c1=O. The molecule has 5 heteroatoms. The number of ether oxygens (including phenoxy) is 1. The van der Waals surface area contributed by atoms with Crippen LogP contribution in [0.15, 0.2) is 17.2 Å². The molecule has 0 spiro atoms. The highest BCUT2D eigenvalue weighted by Crippen LogP contribution is 2.14. The van der Waals surface area contributed by atoms with E-state index in [1.165, 1.54) is 12.6 Å². The normalized spacial score (nSPS) is 20.7. The second kappa shape index (κ2) is 5.12. The van der Waals surface area contributed by atoms with Gasteiger partial charge < -0.3 is 14.6 Å². The van der Waals surface area contributed by atoms with Gasteiger partial charge >= 0.3 is 0 Å². The number of hydrogen-bond donors (Lipinski definition) is 1. The Balaban J connectivity index is 1.99. The van der Waals surface area contributed by atoms with Gasteiger partial charge in [-0.3, -0.25) is 4.79 Å². The zero-order valence-electron chi connectivity index (χ0n) is 9.48. The van der Waals surface area contributed by atoms with Crippen molar-refractivity contribution in [2.75, 3.05) is 25.1 Å². The van der Waals surface area contributed by atoms with Crippen LogP contribution >= 0.6 is 0 Å². The molecule has 1 saturated heterocycles. The van der Waals surface area contributed by atoms with Crippen LogP contribution < -0.4 is 10.5 Å². The molecule has 1 aromatic rings. The Kier molecular flexibility index (Phi) is 3.56. The number of aromatic amines is 1. The van der Waals surface area contributed by atoms with Gasteiger partial charge in [0.1, 0.15) is 0 Å². The zero-order valence-corrected chi connectivity index (χ0v) is 9.48. The topological polar surface area (TPSA) is 58.2 Å². The van der Waals surface area contributed by atoms with Gasteiger partial charge in [0, 0.05) is 32.6 Å². The van der Waals surface area contributed by atoms with Crippen LogP contribution in [0.3, 0.4) is 0 Å². The molecule has 0 amide bonds. The van der Waals surface area contributed by atoms with Crippen LogP contribution in [-0.4, -0.2) is 36.3 Å². The second-order valence-corrected chi connectivity index (χ2v) is 4.11. The Morgan fingerprint density at radius 1 is 1.62 bits per heavy atom. The minimum Gasteiger partial charge on any atom is -0.376 e. The molecule has 1 aromatic heterocycles. The fraction of sp³-hybridized carbons (Fsp3) is 0.636.